The monoisotopic (exact) mass is 243 g/mol. The Kier molecular flexibility index (Phi) is 2.68. The maximum Gasteiger partial charge on any atom is 0.102 e. The SMILES string of the molecule is Nc1ccc(-c2cc(Cl)sc2Cl)cc1. The number of anilines is 1. The molecular weight excluding hydrogens is 237 g/mol. The lowest BCUT2D eigenvalue weighted by molar-refractivity contribution is 1.66. The average Bonchev–Trinajstić information content (AvgIpc) is 2.47. The Labute approximate surface area is 96.1 Å². The van der Waals surface area contributed by atoms with Crippen molar-refractivity contribution in [3.05, 3.63) is 39.0 Å². The van der Waals surface area contributed by atoms with E-state index in [0.29, 0.717) is 8.67 Å². The molecule has 2 N–H and O–H groups in total. The molecule has 0 fully saturated rings. The third-order valence-corrected chi connectivity index (χ3v) is 3.37. The van der Waals surface area contributed by atoms with Crippen LogP contribution in [0.2, 0.25) is 8.67 Å². The molecule has 0 aliphatic carbocycles. The number of nitrogen functional groups attached to an aromatic ring is 1. The molecule has 1 heterocycles. The maximum atomic E-state index is 6.02. The van der Waals surface area contributed by atoms with Crippen molar-refractivity contribution < 1.29 is 0 Å². The summed E-state index contributed by atoms with van der Waals surface area (Å²) in [5, 5.41) is 0. The first-order valence-electron chi connectivity index (χ1n) is 3.97. The summed E-state index contributed by atoms with van der Waals surface area (Å²) in [6.07, 6.45) is 0. The van der Waals surface area contributed by atoms with Crippen molar-refractivity contribution in [2.24, 2.45) is 0 Å². The second-order valence-electron chi connectivity index (χ2n) is 2.86. The van der Waals surface area contributed by atoms with Crippen molar-refractivity contribution in [3.8, 4) is 11.1 Å². The number of hydrogen-bond acceptors (Lipinski definition) is 2. The van der Waals surface area contributed by atoms with E-state index >= 15 is 0 Å². The van der Waals surface area contributed by atoms with E-state index in [2.05, 4.69) is 0 Å². The Morgan fingerprint density at radius 2 is 1.71 bits per heavy atom. The Balaban J connectivity index is 2.49. The van der Waals surface area contributed by atoms with Gasteiger partial charge in [-0.15, -0.1) is 11.3 Å². The molecule has 0 amide bonds. The highest BCUT2D eigenvalue weighted by Crippen LogP contribution is 2.38. The quantitative estimate of drug-likeness (QED) is 0.743. The number of nitrogens with two attached hydrogens (primary N) is 1. The number of thiophene rings is 1. The molecule has 1 aromatic carbocycles. The van der Waals surface area contributed by atoms with Crippen LogP contribution in [0.3, 0.4) is 0 Å². The zero-order valence-corrected chi connectivity index (χ0v) is 9.46. The molecule has 0 radical (unpaired) electrons. The molecule has 0 atom stereocenters. The van der Waals surface area contributed by atoms with Gasteiger partial charge in [-0.05, 0) is 23.8 Å². The molecule has 0 saturated heterocycles. The molecule has 2 aromatic rings. The van der Waals surface area contributed by atoms with E-state index in [1.165, 1.54) is 11.3 Å². The van der Waals surface area contributed by atoms with Crippen LogP contribution in [0.1, 0.15) is 0 Å². The molecular formula is C10H7Cl2NS. The van der Waals surface area contributed by atoms with E-state index in [4.69, 9.17) is 28.9 Å². The molecule has 0 spiro atoms. The van der Waals surface area contributed by atoms with Gasteiger partial charge in [0.2, 0.25) is 0 Å². The molecule has 0 aliphatic rings. The summed E-state index contributed by atoms with van der Waals surface area (Å²) in [5.41, 5.74) is 8.33. The second kappa shape index (κ2) is 3.81. The summed E-state index contributed by atoms with van der Waals surface area (Å²) >= 11 is 13.2. The van der Waals surface area contributed by atoms with Crippen LogP contribution in [-0.4, -0.2) is 0 Å². The predicted molar refractivity (Wildman–Crippen MR) is 64.2 cm³/mol. The first-order valence-corrected chi connectivity index (χ1v) is 5.55. The Bertz CT molecular complexity index is 448. The van der Waals surface area contributed by atoms with Crippen molar-refractivity contribution >= 4 is 40.2 Å². The first-order chi connectivity index (χ1) is 6.66. The van der Waals surface area contributed by atoms with Gasteiger partial charge in [0.25, 0.3) is 0 Å². The van der Waals surface area contributed by atoms with Crippen molar-refractivity contribution in [2.75, 3.05) is 5.73 Å². The van der Waals surface area contributed by atoms with Crippen molar-refractivity contribution in [1.82, 2.24) is 0 Å². The fourth-order valence-electron chi connectivity index (χ4n) is 1.20. The van der Waals surface area contributed by atoms with Gasteiger partial charge in [-0.1, -0.05) is 35.3 Å². The lowest BCUT2D eigenvalue weighted by atomic mass is 10.1. The minimum atomic E-state index is 0.696. The predicted octanol–water partition coefficient (Wildman–Crippen LogP) is 4.30. The molecule has 1 nitrogen and oxygen atoms in total. The topological polar surface area (TPSA) is 26.0 Å². The summed E-state index contributed by atoms with van der Waals surface area (Å²) in [5.74, 6) is 0. The zero-order valence-electron chi connectivity index (χ0n) is 7.13. The highest BCUT2D eigenvalue weighted by atomic mass is 35.5. The highest BCUT2D eigenvalue weighted by Gasteiger charge is 2.07. The molecule has 2 rings (SSSR count). The van der Waals surface area contributed by atoms with Crippen LogP contribution >= 0.6 is 34.5 Å². The van der Waals surface area contributed by atoms with Crippen LogP contribution in [0.5, 0.6) is 0 Å². The molecule has 14 heavy (non-hydrogen) atoms. The second-order valence-corrected chi connectivity index (χ2v) is 5.15. The summed E-state index contributed by atoms with van der Waals surface area (Å²) in [6.45, 7) is 0. The van der Waals surface area contributed by atoms with Gasteiger partial charge in [0.05, 0.1) is 4.34 Å². The highest BCUT2D eigenvalue weighted by molar-refractivity contribution is 7.20. The minimum Gasteiger partial charge on any atom is -0.399 e. The van der Waals surface area contributed by atoms with E-state index in [1.807, 2.05) is 30.3 Å². The van der Waals surface area contributed by atoms with Crippen LogP contribution in [0, 0.1) is 0 Å². The normalized spacial score (nSPS) is 10.4. The van der Waals surface area contributed by atoms with Gasteiger partial charge in [-0.2, -0.15) is 0 Å². The van der Waals surface area contributed by atoms with Gasteiger partial charge in [0.15, 0.2) is 0 Å². The van der Waals surface area contributed by atoms with Crippen LogP contribution < -0.4 is 5.73 Å². The summed E-state index contributed by atoms with van der Waals surface area (Å²) < 4.78 is 1.40. The Hall–Kier alpha value is -0.700. The number of hydrogen-bond donors (Lipinski definition) is 1. The maximum absolute atomic E-state index is 6.02. The van der Waals surface area contributed by atoms with Gasteiger partial charge < -0.3 is 5.73 Å². The Morgan fingerprint density at radius 3 is 2.21 bits per heavy atom. The van der Waals surface area contributed by atoms with Gasteiger partial charge in [-0.3, -0.25) is 0 Å². The molecule has 1 aromatic heterocycles. The number of rotatable bonds is 1. The van der Waals surface area contributed by atoms with Crippen LogP contribution in [0.4, 0.5) is 5.69 Å². The third-order valence-electron chi connectivity index (χ3n) is 1.88. The van der Waals surface area contributed by atoms with Gasteiger partial charge in [0.1, 0.15) is 4.34 Å². The van der Waals surface area contributed by atoms with Gasteiger partial charge in [0, 0.05) is 11.3 Å². The van der Waals surface area contributed by atoms with E-state index in [1.54, 1.807) is 0 Å². The van der Waals surface area contributed by atoms with Gasteiger partial charge in [-0.25, -0.2) is 0 Å². The molecule has 0 aliphatic heterocycles. The molecule has 0 unspecified atom stereocenters. The first kappa shape index (κ1) is 9.84. The Morgan fingerprint density at radius 1 is 1.07 bits per heavy atom. The summed E-state index contributed by atoms with van der Waals surface area (Å²) in [4.78, 5) is 0. The average molecular weight is 244 g/mol. The van der Waals surface area contributed by atoms with Crippen molar-refractivity contribution in [1.29, 1.82) is 0 Å². The number of benzene rings is 1. The van der Waals surface area contributed by atoms with E-state index < -0.39 is 0 Å². The third kappa shape index (κ3) is 1.87. The van der Waals surface area contributed by atoms with Crippen LogP contribution in [0.25, 0.3) is 11.1 Å². The molecule has 0 saturated carbocycles. The van der Waals surface area contributed by atoms with E-state index in [-0.39, 0.29) is 0 Å². The summed E-state index contributed by atoms with van der Waals surface area (Å²) in [6, 6.07) is 9.41. The molecule has 4 heteroatoms. The fraction of sp³-hybridized carbons (Fsp3) is 0. The van der Waals surface area contributed by atoms with Gasteiger partial charge >= 0.3 is 0 Å². The van der Waals surface area contributed by atoms with Crippen LogP contribution in [0.15, 0.2) is 30.3 Å². The molecule has 72 valence electrons. The van der Waals surface area contributed by atoms with Crippen molar-refractivity contribution in [3.63, 3.8) is 0 Å². The minimum absolute atomic E-state index is 0.696. The smallest absolute Gasteiger partial charge is 0.102 e. The lowest BCUT2D eigenvalue weighted by Gasteiger charge is -1.99. The van der Waals surface area contributed by atoms with Crippen molar-refractivity contribution in [2.45, 2.75) is 0 Å². The largest absolute Gasteiger partial charge is 0.399 e. The molecule has 0 bridgehead atoms. The lowest BCUT2D eigenvalue weighted by Crippen LogP contribution is -1.82. The summed E-state index contributed by atoms with van der Waals surface area (Å²) in [7, 11) is 0. The van der Waals surface area contributed by atoms with E-state index in [0.717, 1.165) is 16.8 Å². The zero-order chi connectivity index (χ0) is 10.1. The standard InChI is InChI=1S/C10H7Cl2NS/c11-9-5-8(10(12)14-9)6-1-3-7(13)4-2-6/h1-5H,13H2. The van der Waals surface area contributed by atoms with E-state index in [9.17, 15) is 0 Å². The number of halogens is 2. The van der Waals surface area contributed by atoms with Crippen LogP contribution in [-0.2, 0) is 0 Å². The fourth-order valence-corrected chi connectivity index (χ4v) is 2.71.